The number of amides is 3. The van der Waals surface area contributed by atoms with Crippen LogP contribution >= 0.6 is 11.3 Å². The second-order valence-electron chi connectivity index (χ2n) is 9.41. The van der Waals surface area contributed by atoms with E-state index >= 15 is 0 Å². The Kier molecular flexibility index (Phi) is 5.20. The second kappa shape index (κ2) is 7.48. The van der Waals surface area contributed by atoms with E-state index in [0.717, 1.165) is 4.88 Å². The molecular weight excluding hydrogens is 412 g/mol. The van der Waals surface area contributed by atoms with Crippen molar-refractivity contribution in [2.45, 2.75) is 46.7 Å². The van der Waals surface area contributed by atoms with Crippen molar-refractivity contribution in [3.05, 3.63) is 46.7 Å². The zero-order chi connectivity index (χ0) is 22.6. The van der Waals surface area contributed by atoms with E-state index in [9.17, 15) is 14.4 Å². The number of carbonyl (C=O) groups excluding carboxylic acids is 3. The number of carbonyl (C=O) groups is 3. The fourth-order valence-corrected chi connectivity index (χ4v) is 5.46. The van der Waals surface area contributed by atoms with Crippen LogP contribution in [0.5, 0.6) is 5.75 Å². The first kappa shape index (κ1) is 21.6. The molecule has 6 nitrogen and oxygen atoms in total. The van der Waals surface area contributed by atoms with Crippen LogP contribution in [0.3, 0.4) is 0 Å². The summed E-state index contributed by atoms with van der Waals surface area (Å²) in [6.07, 6.45) is -0.00441. The summed E-state index contributed by atoms with van der Waals surface area (Å²) < 4.78 is 5.17. The first-order valence-corrected chi connectivity index (χ1v) is 11.3. The fraction of sp³-hybridized carbons (Fsp3) is 0.458. The third-order valence-electron chi connectivity index (χ3n) is 7.29. The third-order valence-corrected chi connectivity index (χ3v) is 8.15. The maximum atomic E-state index is 13.7. The van der Waals surface area contributed by atoms with Crippen molar-refractivity contribution in [2.75, 3.05) is 12.0 Å². The molecule has 31 heavy (non-hydrogen) atoms. The fourth-order valence-electron chi connectivity index (χ4n) is 4.75. The van der Waals surface area contributed by atoms with Gasteiger partial charge in [-0.2, -0.15) is 0 Å². The molecule has 7 heteroatoms. The van der Waals surface area contributed by atoms with Gasteiger partial charge in [0.15, 0.2) is 0 Å². The number of thiophene rings is 1. The maximum absolute atomic E-state index is 13.7. The molecule has 3 amide bonds. The van der Waals surface area contributed by atoms with E-state index in [1.807, 2.05) is 17.5 Å². The van der Waals surface area contributed by atoms with Crippen LogP contribution in [0, 0.1) is 16.7 Å². The Balaban J connectivity index is 1.64. The lowest BCUT2D eigenvalue weighted by molar-refractivity contribution is -0.141. The number of ether oxygens (including phenoxy) is 1. The van der Waals surface area contributed by atoms with Gasteiger partial charge in [-0.05, 0) is 46.5 Å². The quantitative estimate of drug-likeness (QED) is 0.635. The van der Waals surface area contributed by atoms with Crippen molar-refractivity contribution in [3.8, 4) is 5.75 Å². The van der Waals surface area contributed by atoms with Gasteiger partial charge >= 0.3 is 0 Å². The van der Waals surface area contributed by atoms with Gasteiger partial charge < -0.3 is 9.64 Å². The third kappa shape index (κ3) is 3.45. The van der Waals surface area contributed by atoms with Gasteiger partial charge in [0.1, 0.15) is 11.8 Å². The number of methoxy groups -OCH3 is 1. The van der Waals surface area contributed by atoms with Crippen molar-refractivity contribution >= 4 is 34.7 Å². The molecule has 2 fully saturated rings. The minimum Gasteiger partial charge on any atom is -0.497 e. The molecule has 1 aromatic carbocycles. The summed E-state index contributed by atoms with van der Waals surface area (Å²) in [5.74, 6) is -0.231. The molecule has 1 aromatic heterocycles. The molecule has 1 aliphatic heterocycles. The van der Waals surface area contributed by atoms with Gasteiger partial charge in [-0.25, -0.2) is 4.90 Å². The lowest BCUT2D eigenvalue weighted by Gasteiger charge is -2.28. The number of benzene rings is 1. The molecule has 1 atom stereocenters. The van der Waals surface area contributed by atoms with Gasteiger partial charge in [0, 0.05) is 10.8 Å². The van der Waals surface area contributed by atoms with Crippen LogP contribution < -0.4 is 9.64 Å². The molecule has 164 valence electrons. The van der Waals surface area contributed by atoms with E-state index in [4.69, 9.17) is 4.74 Å². The average Bonchev–Trinajstić information content (AvgIpc) is 3.15. The molecule has 1 saturated heterocycles. The molecule has 4 rings (SSSR count). The molecule has 1 saturated carbocycles. The predicted molar refractivity (Wildman–Crippen MR) is 120 cm³/mol. The van der Waals surface area contributed by atoms with Gasteiger partial charge in [0.2, 0.25) is 11.8 Å². The van der Waals surface area contributed by atoms with Crippen molar-refractivity contribution in [2.24, 2.45) is 16.7 Å². The highest BCUT2D eigenvalue weighted by molar-refractivity contribution is 7.09. The Labute approximate surface area is 186 Å². The number of hydrogen-bond acceptors (Lipinski definition) is 5. The second-order valence-corrected chi connectivity index (χ2v) is 10.4. The van der Waals surface area contributed by atoms with Crippen molar-refractivity contribution < 1.29 is 19.1 Å². The smallest absolute Gasteiger partial charge is 0.257 e. The summed E-state index contributed by atoms with van der Waals surface area (Å²) >= 11 is 1.55. The summed E-state index contributed by atoms with van der Waals surface area (Å²) in [6.45, 7) is 8.68. The first-order chi connectivity index (χ1) is 14.6. The van der Waals surface area contributed by atoms with Crippen LogP contribution in [-0.4, -0.2) is 35.8 Å². The normalized spacial score (nSPS) is 22.0. The lowest BCUT2D eigenvalue weighted by atomic mass is 10.0. The van der Waals surface area contributed by atoms with Gasteiger partial charge in [0.25, 0.3) is 5.91 Å². The Bertz CT molecular complexity index is 997. The van der Waals surface area contributed by atoms with E-state index in [0.29, 0.717) is 18.0 Å². The molecule has 2 aliphatic rings. The number of nitrogens with zero attached hydrogens (tertiary/aromatic N) is 2. The first-order valence-electron chi connectivity index (χ1n) is 10.4. The van der Waals surface area contributed by atoms with Gasteiger partial charge in [-0.3, -0.25) is 14.4 Å². The number of imide groups is 1. The van der Waals surface area contributed by atoms with Crippen LogP contribution in [0.25, 0.3) is 0 Å². The van der Waals surface area contributed by atoms with E-state index in [1.54, 1.807) is 47.6 Å². The minimum absolute atomic E-state index is 0.00441. The van der Waals surface area contributed by atoms with Crippen molar-refractivity contribution in [3.63, 3.8) is 0 Å². The largest absolute Gasteiger partial charge is 0.497 e. The molecular formula is C24H28N2O4S. The molecule has 0 spiro atoms. The molecule has 1 aliphatic carbocycles. The monoisotopic (exact) mass is 440 g/mol. The van der Waals surface area contributed by atoms with E-state index < -0.39 is 6.04 Å². The highest BCUT2D eigenvalue weighted by Crippen LogP contribution is 2.69. The lowest BCUT2D eigenvalue weighted by Crippen LogP contribution is -2.46. The summed E-state index contributed by atoms with van der Waals surface area (Å²) in [4.78, 5) is 43.7. The highest BCUT2D eigenvalue weighted by atomic mass is 32.1. The Hall–Kier alpha value is -2.67. The number of hydrogen-bond donors (Lipinski definition) is 0. The average molecular weight is 441 g/mol. The Morgan fingerprint density at radius 1 is 1.13 bits per heavy atom. The molecule has 0 bridgehead atoms. The van der Waals surface area contributed by atoms with Crippen molar-refractivity contribution in [1.82, 2.24) is 4.90 Å². The van der Waals surface area contributed by atoms with Crippen LogP contribution in [0.15, 0.2) is 41.8 Å². The summed E-state index contributed by atoms with van der Waals surface area (Å²) in [5.41, 5.74) is 0.187. The zero-order valence-electron chi connectivity index (χ0n) is 18.5. The van der Waals surface area contributed by atoms with E-state index in [-0.39, 0.29) is 40.9 Å². The molecule has 1 unspecified atom stereocenters. The van der Waals surface area contributed by atoms with Crippen LogP contribution in [0.1, 0.15) is 39.0 Å². The maximum Gasteiger partial charge on any atom is 0.257 e. The SMILES string of the molecule is COc1ccc(N2C(=O)CC(N(Cc3cccs3)C(=O)C3C(C)(C)C3(C)C)C2=O)cc1. The van der Waals surface area contributed by atoms with Gasteiger partial charge in [-0.1, -0.05) is 33.8 Å². The van der Waals surface area contributed by atoms with Gasteiger partial charge in [0.05, 0.1) is 25.8 Å². The van der Waals surface area contributed by atoms with Crippen LogP contribution in [0.4, 0.5) is 5.69 Å². The van der Waals surface area contributed by atoms with E-state index in [1.165, 1.54) is 4.90 Å². The summed E-state index contributed by atoms with van der Waals surface area (Å²) in [6, 6.07) is 9.90. The Morgan fingerprint density at radius 3 is 2.29 bits per heavy atom. The minimum atomic E-state index is -0.795. The molecule has 0 radical (unpaired) electrons. The summed E-state index contributed by atoms with van der Waals surface area (Å²) in [7, 11) is 1.56. The van der Waals surface area contributed by atoms with Crippen LogP contribution in [0.2, 0.25) is 0 Å². The molecule has 2 aromatic rings. The standard InChI is InChI=1S/C24H28N2O4S/c1-23(2)20(24(23,3)4)22(29)25(14-17-7-6-12-31-17)18-13-19(27)26(21(18)28)15-8-10-16(30-5)11-9-15/h6-12,18,20H,13-14H2,1-5H3. The number of rotatable bonds is 6. The Morgan fingerprint density at radius 2 is 1.77 bits per heavy atom. The predicted octanol–water partition coefficient (Wildman–Crippen LogP) is 4.10. The van der Waals surface area contributed by atoms with Gasteiger partial charge in [-0.15, -0.1) is 11.3 Å². The highest BCUT2D eigenvalue weighted by Gasteiger charge is 2.69. The van der Waals surface area contributed by atoms with E-state index in [2.05, 4.69) is 27.7 Å². The number of anilines is 1. The van der Waals surface area contributed by atoms with Crippen LogP contribution in [-0.2, 0) is 20.9 Å². The topological polar surface area (TPSA) is 66.9 Å². The van der Waals surface area contributed by atoms with Crippen molar-refractivity contribution in [1.29, 1.82) is 0 Å². The molecule has 2 heterocycles. The molecule has 0 N–H and O–H groups in total. The zero-order valence-corrected chi connectivity index (χ0v) is 19.4. The summed E-state index contributed by atoms with van der Waals surface area (Å²) in [5, 5.41) is 1.95.